The van der Waals surface area contributed by atoms with Crippen LogP contribution in [0.1, 0.15) is 24.2 Å². The number of anilines is 2. The number of nitrogen functional groups attached to an aromatic ring is 1. The molecule has 0 amide bonds. The maximum atomic E-state index is 11.7. The van der Waals surface area contributed by atoms with E-state index in [9.17, 15) is 13.2 Å². The van der Waals surface area contributed by atoms with Crippen LogP contribution in [-0.4, -0.2) is 39.8 Å². The predicted molar refractivity (Wildman–Crippen MR) is 82.7 cm³/mol. The Kier molecular flexibility index (Phi) is 5.19. The number of hydrogen-bond acceptors (Lipinski definition) is 6. The lowest BCUT2D eigenvalue weighted by atomic mass is 10.1. The van der Waals surface area contributed by atoms with Gasteiger partial charge in [-0.3, -0.25) is 0 Å². The van der Waals surface area contributed by atoms with Crippen LogP contribution in [0.2, 0.25) is 0 Å². The Morgan fingerprint density at radius 2 is 2.00 bits per heavy atom. The van der Waals surface area contributed by atoms with E-state index in [0.29, 0.717) is 16.9 Å². The average Bonchev–Trinajstić information content (AvgIpc) is 2.33. The fourth-order valence-corrected chi connectivity index (χ4v) is 2.97. The number of sulfonamides is 1. The van der Waals surface area contributed by atoms with E-state index in [2.05, 4.69) is 10.0 Å². The second kappa shape index (κ2) is 6.31. The van der Waals surface area contributed by atoms with Gasteiger partial charge in [-0.2, -0.15) is 0 Å². The summed E-state index contributed by atoms with van der Waals surface area (Å²) in [5, 5.41) is 3.01. The van der Waals surface area contributed by atoms with E-state index in [0.717, 1.165) is 6.26 Å². The van der Waals surface area contributed by atoms with E-state index in [1.807, 2.05) is 0 Å². The van der Waals surface area contributed by atoms with Crippen LogP contribution >= 0.6 is 0 Å². The van der Waals surface area contributed by atoms with Crippen LogP contribution in [0.4, 0.5) is 11.4 Å². The van der Waals surface area contributed by atoms with E-state index < -0.39 is 21.5 Å². The van der Waals surface area contributed by atoms with Crippen LogP contribution in [0.3, 0.4) is 0 Å². The quantitative estimate of drug-likeness (QED) is 0.529. The summed E-state index contributed by atoms with van der Waals surface area (Å²) in [7, 11) is -2.06. The number of hydrogen-bond donors (Lipinski definition) is 3. The van der Waals surface area contributed by atoms with Gasteiger partial charge in [0.25, 0.3) is 0 Å². The molecule has 0 aliphatic rings. The molecule has 1 aromatic rings. The van der Waals surface area contributed by atoms with Crippen molar-refractivity contribution in [2.45, 2.75) is 19.4 Å². The lowest BCUT2D eigenvalue weighted by Gasteiger charge is -2.26. The number of methoxy groups -OCH3 is 1. The number of carbonyl (C=O) groups is 1. The summed E-state index contributed by atoms with van der Waals surface area (Å²) in [5.41, 5.74) is 6.22. The van der Waals surface area contributed by atoms with E-state index in [4.69, 9.17) is 10.5 Å². The first-order chi connectivity index (χ1) is 9.56. The third-order valence-electron chi connectivity index (χ3n) is 2.67. The molecular weight excluding hydrogens is 294 g/mol. The molecule has 21 heavy (non-hydrogen) atoms. The summed E-state index contributed by atoms with van der Waals surface area (Å²) in [5.74, 6) is -0.515. The second-order valence-corrected chi connectivity index (χ2v) is 7.12. The molecule has 0 heterocycles. The number of rotatable bonds is 6. The molecule has 8 heteroatoms. The van der Waals surface area contributed by atoms with Gasteiger partial charge in [0.2, 0.25) is 10.0 Å². The highest BCUT2D eigenvalue weighted by atomic mass is 32.2. The van der Waals surface area contributed by atoms with Crippen LogP contribution in [0.15, 0.2) is 18.2 Å². The van der Waals surface area contributed by atoms with Gasteiger partial charge in [0.15, 0.2) is 0 Å². The molecule has 4 N–H and O–H groups in total. The normalized spacial score (nSPS) is 12.0. The van der Waals surface area contributed by atoms with Crippen molar-refractivity contribution in [3.05, 3.63) is 23.8 Å². The first-order valence-electron chi connectivity index (χ1n) is 6.25. The summed E-state index contributed by atoms with van der Waals surface area (Å²) in [6.07, 6.45) is 1.09. The number of nitrogens with one attached hydrogen (secondary N) is 2. The molecule has 1 aromatic carbocycles. The third kappa shape index (κ3) is 5.24. The molecule has 0 aliphatic carbocycles. The summed E-state index contributed by atoms with van der Waals surface area (Å²) >= 11 is 0. The Labute approximate surface area is 124 Å². The first kappa shape index (κ1) is 17.3. The number of ether oxygens (including phenoxy) is 1. The minimum atomic E-state index is -3.34. The van der Waals surface area contributed by atoms with Crippen molar-refractivity contribution in [1.82, 2.24) is 4.72 Å². The monoisotopic (exact) mass is 315 g/mol. The molecule has 0 aromatic heterocycles. The number of nitrogens with two attached hydrogens (primary N) is 1. The zero-order valence-corrected chi connectivity index (χ0v) is 13.4. The molecule has 7 nitrogen and oxygen atoms in total. The summed E-state index contributed by atoms with van der Waals surface area (Å²) in [6, 6.07) is 4.87. The van der Waals surface area contributed by atoms with Gasteiger partial charge in [0.05, 0.1) is 30.3 Å². The lowest BCUT2D eigenvalue weighted by molar-refractivity contribution is 0.0601. The van der Waals surface area contributed by atoms with Crippen LogP contribution in [-0.2, 0) is 14.8 Å². The highest BCUT2D eigenvalue weighted by molar-refractivity contribution is 7.88. The number of benzene rings is 1. The Hall–Kier alpha value is -1.80. The van der Waals surface area contributed by atoms with Crippen molar-refractivity contribution >= 4 is 27.4 Å². The Balaban J connectivity index is 2.96. The van der Waals surface area contributed by atoms with Gasteiger partial charge in [-0.1, -0.05) is 6.07 Å². The largest absolute Gasteiger partial charge is 0.465 e. The number of carbonyl (C=O) groups excluding carboxylic acids is 1. The fourth-order valence-electron chi connectivity index (χ4n) is 1.89. The minimum Gasteiger partial charge on any atom is -0.465 e. The molecule has 0 atom stereocenters. The van der Waals surface area contributed by atoms with Gasteiger partial charge >= 0.3 is 5.97 Å². The molecule has 0 unspecified atom stereocenters. The highest BCUT2D eigenvalue weighted by Gasteiger charge is 2.23. The second-order valence-electron chi connectivity index (χ2n) is 5.37. The van der Waals surface area contributed by atoms with Crippen LogP contribution in [0, 0.1) is 0 Å². The smallest absolute Gasteiger partial charge is 0.340 e. The van der Waals surface area contributed by atoms with E-state index in [-0.39, 0.29) is 6.54 Å². The number of para-hydroxylation sites is 1. The van der Waals surface area contributed by atoms with Gasteiger partial charge in [-0.25, -0.2) is 17.9 Å². The Morgan fingerprint density at radius 3 is 2.52 bits per heavy atom. The van der Waals surface area contributed by atoms with Crippen molar-refractivity contribution in [3.8, 4) is 0 Å². The molecule has 118 valence electrons. The van der Waals surface area contributed by atoms with Gasteiger partial charge < -0.3 is 15.8 Å². The maximum Gasteiger partial charge on any atom is 0.340 e. The Morgan fingerprint density at radius 1 is 1.38 bits per heavy atom. The molecule has 0 saturated carbocycles. The first-order valence-corrected chi connectivity index (χ1v) is 8.14. The van der Waals surface area contributed by atoms with Gasteiger partial charge in [-0.15, -0.1) is 0 Å². The van der Waals surface area contributed by atoms with Crippen molar-refractivity contribution in [2.24, 2.45) is 0 Å². The molecule has 0 bridgehead atoms. The molecule has 0 saturated heterocycles. The Bertz CT molecular complexity index is 626. The zero-order valence-electron chi connectivity index (χ0n) is 12.6. The zero-order chi connectivity index (χ0) is 16.3. The summed E-state index contributed by atoms with van der Waals surface area (Å²) in [6.45, 7) is 3.69. The molecule has 0 aliphatic heterocycles. The van der Waals surface area contributed by atoms with Gasteiger partial charge in [0.1, 0.15) is 0 Å². The molecular formula is C13H21N3O4S. The molecule has 1 rings (SSSR count). The number of esters is 1. The highest BCUT2D eigenvalue weighted by Crippen LogP contribution is 2.24. The van der Waals surface area contributed by atoms with Crippen LogP contribution < -0.4 is 15.8 Å². The van der Waals surface area contributed by atoms with E-state index >= 15 is 0 Å². The van der Waals surface area contributed by atoms with Crippen molar-refractivity contribution in [2.75, 3.05) is 31.0 Å². The van der Waals surface area contributed by atoms with Gasteiger partial charge in [0, 0.05) is 12.1 Å². The van der Waals surface area contributed by atoms with Crippen LogP contribution in [0.25, 0.3) is 0 Å². The van der Waals surface area contributed by atoms with E-state index in [1.54, 1.807) is 32.0 Å². The van der Waals surface area contributed by atoms with Crippen LogP contribution in [0.5, 0.6) is 0 Å². The van der Waals surface area contributed by atoms with Crippen molar-refractivity contribution < 1.29 is 17.9 Å². The fraction of sp³-hybridized carbons (Fsp3) is 0.462. The minimum absolute atomic E-state index is 0.248. The standard InChI is InChI=1S/C13H21N3O4S/c1-13(2,16-21(4,18)19)8-15-11-9(12(17)20-3)6-5-7-10(11)14/h5-7,15-16H,8,14H2,1-4H3. The average molecular weight is 315 g/mol. The van der Waals surface area contributed by atoms with E-state index in [1.165, 1.54) is 7.11 Å². The van der Waals surface area contributed by atoms with Crippen molar-refractivity contribution in [1.29, 1.82) is 0 Å². The summed E-state index contributed by atoms with van der Waals surface area (Å²) in [4.78, 5) is 11.7. The lowest BCUT2D eigenvalue weighted by Crippen LogP contribution is -2.47. The molecule has 0 radical (unpaired) electrons. The topological polar surface area (TPSA) is 111 Å². The summed E-state index contributed by atoms with van der Waals surface area (Å²) < 4.78 is 29.8. The van der Waals surface area contributed by atoms with Crippen molar-refractivity contribution in [3.63, 3.8) is 0 Å². The third-order valence-corrected chi connectivity index (χ3v) is 3.59. The maximum absolute atomic E-state index is 11.7. The molecule has 0 fully saturated rings. The predicted octanol–water partition coefficient (Wildman–Crippen LogP) is 0.795. The SMILES string of the molecule is COC(=O)c1cccc(N)c1NCC(C)(C)NS(C)(=O)=O. The molecule has 0 spiro atoms. The van der Waals surface area contributed by atoms with Gasteiger partial charge in [-0.05, 0) is 26.0 Å².